The van der Waals surface area contributed by atoms with E-state index in [0.717, 1.165) is 6.42 Å². The highest BCUT2D eigenvalue weighted by molar-refractivity contribution is 6.39. The largest absolute Gasteiger partial charge is 0.331 e. The van der Waals surface area contributed by atoms with E-state index in [1.54, 1.807) is 30.3 Å². The fourth-order valence-electron chi connectivity index (χ4n) is 2.85. The van der Waals surface area contributed by atoms with Gasteiger partial charge in [-0.05, 0) is 43.3 Å². The number of nitrogens with one attached hydrogen (secondary N) is 4. The number of aromatic amines is 1. The lowest BCUT2D eigenvalue weighted by Gasteiger charge is -2.10. The van der Waals surface area contributed by atoms with E-state index in [9.17, 15) is 14.0 Å². The molecule has 0 saturated carbocycles. The number of urea groups is 1. The second-order valence-corrected chi connectivity index (χ2v) is 7.58. The zero-order valence-corrected chi connectivity index (χ0v) is 18.4. The first kappa shape index (κ1) is 23.7. The molecule has 0 atom stereocenters. The van der Waals surface area contributed by atoms with Gasteiger partial charge in [0.2, 0.25) is 5.95 Å². The smallest absolute Gasteiger partial charge is 0.326 e. The lowest BCUT2D eigenvalue weighted by atomic mass is 10.1. The van der Waals surface area contributed by atoms with Crippen molar-refractivity contribution < 1.29 is 9.18 Å². The summed E-state index contributed by atoms with van der Waals surface area (Å²) in [5.41, 5.74) is 6.01. The van der Waals surface area contributed by atoms with Crippen LogP contribution in [0.2, 0.25) is 10.0 Å². The average molecular weight is 479 g/mol. The van der Waals surface area contributed by atoms with E-state index in [1.807, 2.05) is 0 Å². The number of anilines is 2. The molecule has 168 valence electrons. The zero-order chi connectivity index (χ0) is 23.1. The topological polar surface area (TPSA) is 125 Å². The molecule has 6 N–H and O–H groups in total. The average Bonchev–Trinajstić information content (AvgIpc) is 2.75. The molecule has 11 heteroatoms. The van der Waals surface area contributed by atoms with Crippen molar-refractivity contribution in [1.82, 2.24) is 15.3 Å². The standard InChI is InChI=1S/C21H21Cl2FN6O2/c22-15-3-1-4-16(23)18(15)28-21(32)30-20-27-11-14(19(31)29-20)12-5-6-13(17(24)9-12)10-26-8-2-7-25/h1,3-6,9,11,26H,2,7-8,10,25H2,(H3,27,28,29,30,31,32). The van der Waals surface area contributed by atoms with Gasteiger partial charge in [-0.2, -0.15) is 4.98 Å². The Hall–Kier alpha value is -2.98. The lowest BCUT2D eigenvalue weighted by molar-refractivity contribution is 0.262. The van der Waals surface area contributed by atoms with Crippen molar-refractivity contribution in [3.05, 3.63) is 74.4 Å². The van der Waals surface area contributed by atoms with Crippen LogP contribution in [0.4, 0.5) is 20.8 Å². The number of amides is 2. The van der Waals surface area contributed by atoms with Crippen molar-refractivity contribution in [3.8, 4) is 11.1 Å². The van der Waals surface area contributed by atoms with Gasteiger partial charge in [-0.1, -0.05) is 41.4 Å². The Labute approximate surface area is 193 Å². The summed E-state index contributed by atoms with van der Waals surface area (Å²) in [6.45, 7) is 1.60. The van der Waals surface area contributed by atoms with E-state index in [-0.39, 0.29) is 27.2 Å². The summed E-state index contributed by atoms with van der Waals surface area (Å²) in [6.07, 6.45) is 2.14. The number of carbonyl (C=O) groups excluding carboxylic acids is 1. The van der Waals surface area contributed by atoms with Crippen LogP contribution >= 0.6 is 23.2 Å². The van der Waals surface area contributed by atoms with Crippen LogP contribution in [0.5, 0.6) is 0 Å². The van der Waals surface area contributed by atoms with Crippen LogP contribution in [0, 0.1) is 5.82 Å². The third-order valence-corrected chi connectivity index (χ3v) is 5.10. The maximum absolute atomic E-state index is 14.4. The third kappa shape index (κ3) is 6.04. The Kier molecular flexibility index (Phi) is 8.18. The number of nitrogens with zero attached hydrogens (tertiary/aromatic N) is 1. The Morgan fingerprint density at radius 1 is 1.16 bits per heavy atom. The highest BCUT2D eigenvalue weighted by atomic mass is 35.5. The number of aromatic nitrogens is 2. The van der Waals surface area contributed by atoms with Crippen molar-refractivity contribution in [3.63, 3.8) is 0 Å². The fourth-order valence-corrected chi connectivity index (χ4v) is 3.34. The minimum Gasteiger partial charge on any atom is -0.331 e. The highest BCUT2D eigenvalue weighted by Crippen LogP contribution is 2.29. The van der Waals surface area contributed by atoms with Crippen LogP contribution < -0.4 is 27.2 Å². The van der Waals surface area contributed by atoms with Crippen LogP contribution in [0.3, 0.4) is 0 Å². The third-order valence-electron chi connectivity index (χ3n) is 4.47. The predicted molar refractivity (Wildman–Crippen MR) is 125 cm³/mol. The first-order valence-corrected chi connectivity index (χ1v) is 10.5. The second kappa shape index (κ2) is 11.1. The number of halogens is 3. The Morgan fingerprint density at radius 3 is 2.56 bits per heavy atom. The molecule has 32 heavy (non-hydrogen) atoms. The molecule has 0 spiro atoms. The summed E-state index contributed by atoms with van der Waals surface area (Å²) >= 11 is 12.0. The summed E-state index contributed by atoms with van der Waals surface area (Å²) < 4.78 is 14.4. The van der Waals surface area contributed by atoms with Crippen molar-refractivity contribution in [2.45, 2.75) is 13.0 Å². The number of H-pyrrole nitrogens is 1. The molecule has 0 aliphatic heterocycles. The summed E-state index contributed by atoms with van der Waals surface area (Å²) in [5, 5.41) is 8.50. The van der Waals surface area contributed by atoms with Gasteiger partial charge in [0.15, 0.2) is 0 Å². The van der Waals surface area contributed by atoms with Gasteiger partial charge >= 0.3 is 6.03 Å². The Bertz CT molecular complexity index is 1150. The molecule has 0 bridgehead atoms. The predicted octanol–water partition coefficient (Wildman–Crippen LogP) is 3.97. The summed E-state index contributed by atoms with van der Waals surface area (Å²) in [4.78, 5) is 31.1. The molecule has 1 heterocycles. The maximum atomic E-state index is 14.4. The molecule has 3 aromatic rings. The number of hydrogen-bond acceptors (Lipinski definition) is 5. The van der Waals surface area contributed by atoms with E-state index in [0.29, 0.717) is 30.8 Å². The number of nitrogens with two attached hydrogens (primary N) is 1. The van der Waals surface area contributed by atoms with Crippen LogP contribution in [-0.4, -0.2) is 29.1 Å². The monoisotopic (exact) mass is 478 g/mol. The quantitative estimate of drug-likeness (QED) is 0.313. The molecule has 2 aromatic carbocycles. The van der Waals surface area contributed by atoms with Gasteiger partial charge in [0, 0.05) is 18.3 Å². The van der Waals surface area contributed by atoms with Crippen LogP contribution in [0.1, 0.15) is 12.0 Å². The van der Waals surface area contributed by atoms with Crippen LogP contribution in [0.15, 0.2) is 47.4 Å². The number of benzene rings is 2. The number of rotatable bonds is 8. The van der Waals surface area contributed by atoms with E-state index in [2.05, 4.69) is 25.9 Å². The summed E-state index contributed by atoms with van der Waals surface area (Å²) in [5.74, 6) is -0.541. The second-order valence-electron chi connectivity index (χ2n) is 6.77. The summed E-state index contributed by atoms with van der Waals surface area (Å²) in [6, 6.07) is 8.58. The van der Waals surface area contributed by atoms with Crippen LogP contribution in [-0.2, 0) is 6.54 Å². The molecule has 2 amide bonds. The van der Waals surface area contributed by atoms with Gasteiger partial charge in [-0.3, -0.25) is 10.1 Å². The number of hydrogen-bond donors (Lipinski definition) is 5. The summed E-state index contributed by atoms with van der Waals surface area (Å²) in [7, 11) is 0. The van der Waals surface area contributed by atoms with Gasteiger partial charge in [0.1, 0.15) is 5.82 Å². The van der Waals surface area contributed by atoms with E-state index in [4.69, 9.17) is 28.9 Å². The van der Waals surface area contributed by atoms with Gasteiger partial charge in [-0.15, -0.1) is 0 Å². The molecular formula is C21H21Cl2FN6O2. The zero-order valence-electron chi connectivity index (χ0n) is 16.8. The first-order valence-electron chi connectivity index (χ1n) is 9.70. The van der Waals surface area contributed by atoms with Gasteiger partial charge in [0.25, 0.3) is 5.56 Å². The Morgan fingerprint density at radius 2 is 1.91 bits per heavy atom. The van der Waals surface area contributed by atoms with Gasteiger partial charge in [-0.25, -0.2) is 9.18 Å². The fraction of sp³-hybridized carbons (Fsp3) is 0.190. The first-order chi connectivity index (χ1) is 15.4. The molecule has 0 unspecified atom stereocenters. The molecule has 0 aliphatic carbocycles. The van der Waals surface area contributed by atoms with Crippen molar-refractivity contribution in [2.75, 3.05) is 23.7 Å². The maximum Gasteiger partial charge on any atom is 0.326 e. The molecule has 0 radical (unpaired) electrons. The SMILES string of the molecule is NCCCNCc1ccc(-c2c[nH]c(NC(=O)Nc3c(Cl)cccc3Cl)nc2=O)cc1F. The molecule has 0 aliphatic rings. The molecule has 1 aromatic heterocycles. The molecule has 3 rings (SSSR count). The van der Waals surface area contributed by atoms with Gasteiger partial charge in [0.05, 0.1) is 21.3 Å². The van der Waals surface area contributed by atoms with Crippen molar-refractivity contribution in [2.24, 2.45) is 5.73 Å². The van der Waals surface area contributed by atoms with E-state index >= 15 is 0 Å². The van der Waals surface area contributed by atoms with Gasteiger partial charge < -0.3 is 21.4 Å². The van der Waals surface area contributed by atoms with Crippen molar-refractivity contribution >= 4 is 40.9 Å². The molecular weight excluding hydrogens is 458 g/mol. The molecule has 0 fully saturated rings. The van der Waals surface area contributed by atoms with E-state index < -0.39 is 17.4 Å². The van der Waals surface area contributed by atoms with E-state index in [1.165, 1.54) is 12.3 Å². The normalized spacial score (nSPS) is 10.8. The lowest BCUT2D eigenvalue weighted by Crippen LogP contribution is -2.23. The van der Waals surface area contributed by atoms with Crippen molar-refractivity contribution in [1.29, 1.82) is 0 Å². The minimum absolute atomic E-state index is 0.0966. The molecule has 8 nitrogen and oxygen atoms in total. The minimum atomic E-state index is -0.701. The highest BCUT2D eigenvalue weighted by Gasteiger charge is 2.13. The molecule has 0 saturated heterocycles. The Balaban J connectivity index is 1.69. The van der Waals surface area contributed by atoms with Crippen LogP contribution in [0.25, 0.3) is 11.1 Å². The number of carbonyl (C=O) groups is 1. The number of para-hydroxylation sites is 1.